The van der Waals surface area contributed by atoms with Crippen molar-refractivity contribution in [2.75, 3.05) is 17.3 Å². The summed E-state index contributed by atoms with van der Waals surface area (Å²) in [6.45, 7) is 0.674. The largest absolute Gasteiger partial charge is 0.288 e. The maximum atomic E-state index is 12.0. The normalized spacial score (nSPS) is 18.8. The van der Waals surface area contributed by atoms with Crippen molar-refractivity contribution in [3.63, 3.8) is 0 Å². The second kappa shape index (κ2) is 5.84. The monoisotopic (exact) mass is 370 g/mol. The lowest BCUT2D eigenvalue weighted by Crippen LogP contribution is -2.24. The lowest BCUT2D eigenvalue weighted by atomic mass is 10.2. The van der Waals surface area contributed by atoms with Crippen LogP contribution in [-0.2, 0) is 4.79 Å². The lowest BCUT2D eigenvalue weighted by Gasteiger charge is -2.11. The van der Waals surface area contributed by atoms with Gasteiger partial charge in [0.2, 0.25) is 5.91 Å². The summed E-state index contributed by atoms with van der Waals surface area (Å²) in [6.07, 6.45) is 0.523. The van der Waals surface area contributed by atoms with Crippen molar-refractivity contribution in [1.29, 1.82) is 0 Å². The van der Waals surface area contributed by atoms with Gasteiger partial charge in [-0.25, -0.2) is 4.98 Å². The molecule has 3 rings (SSSR count). The maximum absolute atomic E-state index is 12.0. The maximum Gasteiger partial charge on any atom is 0.229 e. The van der Waals surface area contributed by atoms with Crippen molar-refractivity contribution >= 4 is 49.9 Å². The summed E-state index contributed by atoms with van der Waals surface area (Å²) >= 11 is 10.8. The van der Waals surface area contributed by atoms with Gasteiger partial charge in [-0.3, -0.25) is 9.69 Å². The van der Waals surface area contributed by atoms with E-state index >= 15 is 0 Å². The van der Waals surface area contributed by atoms with Gasteiger partial charge in [-0.2, -0.15) is 0 Å². The molecule has 1 aliphatic rings. The highest BCUT2D eigenvalue weighted by molar-refractivity contribution is 9.10. The third-order valence-corrected chi connectivity index (χ3v) is 5.06. The van der Waals surface area contributed by atoms with E-state index < -0.39 is 0 Å². The Morgan fingerprint density at radius 1 is 1.50 bits per heavy atom. The molecule has 6 heteroatoms. The average molecular weight is 372 g/mol. The molecular formula is C14H12BrClN2OS. The summed E-state index contributed by atoms with van der Waals surface area (Å²) in [6, 6.07) is 7.98. The minimum Gasteiger partial charge on any atom is -0.288 e. The summed E-state index contributed by atoms with van der Waals surface area (Å²) in [4.78, 5) is 18.3. The number of rotatable bonds is 3. The number of alkyl halides is 1. The van der Waals surface area contributed by atoms with Crippen molar-refractivity contribution in [2.45, 2.75) is 6.42 Å². The molecule has 1 amide bonds. The smallest absolute Gasteiger partial charge is 0.229 e. The van der Waals surface area contributed by atoms with Gasteiger partial charge < -0.3 is 0 Å². The summed E-state index contributed by atoms with van der Waals surface area (Å²) in [7, 11) is 0. The van der Waals surface area contributed by atoms with Gasteiger partial charge in [-0.1, -0.05) is 28.1 Å². The molecule has 2 aromatic rings. The number of anilines is 1. The number of benzene rings is 1. The number of nitrogens with zero attached hydrogens (tertiary/aromatic N) is 2. The molecule has 104 valence electrons. The van der Waals surface area contributed by atoms with E-state index in [0.29, 0.717) is 18.8 Å². The molecule has 0 saturated carbocycles. The fraction of sp³-hybridized carbons (Fsp3) is 0.286. The summed E-state index contributed by atoms with van der Waals surface area (Å²) in [5.74, 6) is 0.875. The van der Waals surface area contributed by atoms with Crippen molar-refractivity contribution in [3.05, 3.63) is 34.1 Å². The number of carbonyl (C=O) groups is 1. The molecule has 0 radical (unpaired) electrons. The fourth-order valence-electron chi connectivity index (χ4n) is 2.24. The topological polar surface area (TPSA) is 33.2 Å². The van der Waals surface area contributed by atoms with Crippen LogP contribution in [0.5, 0.6) is 0 Å². The van der Waals surface area contributed by atoms with Crippen molar-refractivity contribution in [2.24, 2.45) is 5.92 Å². The van der Waals surface area contributed by atoms with Crippen LogP contribution < -0.4 is 4.90 Å². The molecule has 0 aliphatic carbocycles. The van der Waals surface area contributed by atoms with Crippen LogP contribution >= 0.6 is 38.9 Å². The van der Waals surface area contributed by atoms with E-state index in [9.17, 15) is 4.79 Å². The van der Waals surface area contributed by atoms with Crippen LogP contribution in [0, 0.1) is 5.92 Å². The number of halogens is 2. The summed E-state index contributed by atoms with van der Waals surface area (Å²) in [5.41, 5.74) is 1.94. The quantitative estimate of drug-likeness (QED) is 0.759. The predicted octanol–water partition coefficient (Wildman–Crippen LogP) is 4.16. The third kappa shape index (κ3) is 2.75. The number of hydrogen-bond acceptors (Lipinski definition) is 3. The molecule has 1 aromatic carbocycles. The Morgan fingerprint density at radius 2 is 2.35 bits per heavy atom. The van der Waals surface area contributed by atoms with Crippen LogP contribution in [0.4, 0.5) is 5.13 Å². The SMILES string of the molecule is O=C1CC(CCl)CN1c1nc(-c2cccc(Br)c2)cs1. The highest BCUT2D eigenvalue weighted by atomic mass is 79.9. The Bertz CT molecular complexity index is 646. The number of thiazole rings is 1. The van der Waals surface area contributed by atoms with E-state index in [2.05, 4.69) is 20.9 Å². The Hall–Kier alpha value is -0.910. The fourth-order valence-corrected chi connectivity index (χ4v) is 3.70. The van der Waals surface area contributed by atoms with Crippen molar-refractivity contribution in [1.82, 2.24) is 4.98 Å². The average Bonchev–Trinajstić information content (AvgIpc) is 3.05. The first-order valence-electron chi connectivity index (χ1n) is 6.25. The lowest BCUT2D eigenvalue weighted by molar-refractivity contribution is -0.117. The van der Waals surface area contributed by atoms with Gasteiger partial charge >= 0.3 is 0 Å². The standard InChI is InChI=1S/C14H12BrClN2OS/c15-11-3-1-2-10(5-11)12-8-20-14(17-12)18-7-9(6-16)4-13(18)19/h1-3,5,8-9H,4,6-7H2. The summed E-state index contributed by atoms with van der Waals surface area (Å²) < 4.78 is 1.02. The number of hydrogen-bond donors (Lipinski definition) is 0. The van der Waals surface area contributed by atoms with E-state index in [1.807, 2.05) is 29.6 Å². The van der Waals surface area contributed by atoms with E-state index in [1.54, 1.807) is 4.90 Å². The molecule has 3 nitrogen and oxygen atoms in total. The highest BCUT2D eigenvalue weighted by Gasteiger charge is 2.31. The second-order valence-corrected chi connectivity index (χ2v) is 6.82. The number of amides is 1. The molecule has 0 spiro atoms. The predicted molar refractivity (Wildman–Crippen MR) is 86.4 cm³/mol. The highest BCUT2D eigenvalue weighted by Crippen LogP contribution is 2.32. The molecule has 1 saturated heterocycles. The second-order valence-electron chi connectivity index (χ2n) is 4.75. The molecule has 1 unspecified atom stereocenters. The zero-order valence-corrected chi connectivity index (χ0v) is 13.7. The van der Waals surface area contributed by atoms with Gasteiger partial charge in [0.15, 0.2) is 5.13 Å². The number of carbonyl (C=O) groups excluding carboxylic acids is 1. The zero-order chi connectivity index (χ0) is 14.1. The first-order chi connectivity index (χ1) is 9.67. The number of aromatic nitrogens is 1. The molecule has 0 N–H and O–H groups in total. The Kier molecular flexibility index (Phi) is 4.10. The molecule has 0 bridgehead atoms. The van der Waals surface area contributed by atoms with Crippen LogP contribution in [-0.4, -0.2) is 23.3 Å². The van der Waals surface area contributed by atoms with Gasteiger partial charge in [-0.15, -0.1) is 22.9 Å². The Labute approximate surface area is 134 Å². The molecule has 1 atom stereocenters. The third-order valence-electron chi connectivity index (χ3n) is 3.27. The van der Waals surface area contributed by atoms with Gasteiger partial charge in [-0.05, 0) is 18.1 Å². The van der Waals surface area contributed by atoms with Gasteiger partial charge in [0.05, 0.1) is 5.69 Å². The minimum atomic E-state index is 0.116. The van der Waals surface area contributed by atoms with E-state index in [0.717, 1.165) is 20.9 Å². The van der Waals surface area contributed by atoms with Crippen molar-refractivity contribution in [3.8, 4) is 11.3 Å². The molecular weight excluding hydrogens is 360 g/mol. The molecule has 1 aromatic heterocycles. The van der Waals surface area contributed by atoms with Gasteiger partial charge in [0.1, 0.15) is 0 Å². The molecule has 1 aliphatic heterocycles. The molecule has 20 heavy (non-hydrogen) atoms. The summed E-state index contributed by atoms with van der Waals surface area (Å²) in [5, 5.41) is 2.75. The Morgan fingerprint density at radius 3 is 3.05 bits per heavy atom. The van der Waals surface area contributed by atoms with Crippen LogP contribution in [0.3, 0.4) is 0 Å². The van der Waals surface area contributed by atoms with Crippen LogP contribution in [0.15, 0.2) is 34.1 Å². The zero-order valence-electron chi connectivity index (χ0n) is 10.6. The molecule has 2 heterocycles. The minimum absolute atomic E-state index is 0.116. The van der Waals surface area contributed by atoms with Gasteiger partial charge in [0.25, 0.3) is 0 Å². The van der Waals surface area contributed by atoms with E-state index in [4.69, 9.17) is 11.6 Å². The van der Waals surface area contributed by atoms with E-state index in [-0.39, 0.29) is 11.8 Å². The molecule has 1 fully saturated rings. The van der Waals surface area contributed by atoms with Crippen LogP contribution in [0.25, 0.3) is 11.3 Å². The first kappa shape index (κ1) is 14.0. The first-order valence-corrected chi connectivity index (χ1v) is 8.46. The van der Waals surface area contributed by atoms with Gasteiger partial charge in [0, 0.05) is 34.3 Å². The van der Waals surface area contributed by atoms with E-state index in [1.165, 1.54) is 11.3 Å². The van der Waals surface area contributed by atoms with Crippen molar-refractivity contribution < 1.29 is 4.79 Å². The Balaban J connectivity index is 1.86. The van der Waals surface area contributed by atoms with Crippen LogP contribution in [0.2, 0.25) is 0 Å². The van der Waals surface area contributed by atoms with Crippen LogP contribution in [0.1, 0.15) is 6.42 Å².